The Bertz CT molecular complexity index is 1190. The second-order valence-electron chi connectivity index (χ2n) is 9.84. The maximum Gasteiger partial charge on any atom is 0.407 e. The monoisotopic (exact) mass is 523 g/mol. The number of hydrogen-bond acceptors (Lipinski definition) is 7. The minimum atomic E-state index is -0.866. The van der Waals surface area contributed by atoms with E-state index in [-0.39, 0.29) is 12.8 Å². The fraction of sp³-hybridized carbons (Fsp3) is 0.429. The van der Waals surface area contributed by atoms with Gasteiger partial charge >= 0.3 is 18.0 Å². The normalized spacial score (nSPS) is 16.5. The maximum atomic E-state index is 12.9. The summed E-state index contributed by atoms with van der Waals surface area (Å²) < 4.78 is 10.4. The first kappa shape index (κ1) is 27.1. The summed E-state index contributed by atoms with van der Waals surface area (Å²) in [5, 5.41) is 9.11. The van der Waals surface area contributed by atoms with E-state index in [4.69, 9.17) is 15.6 Å². The standard InChI is InChI=1S/C28H33N3O7/c1-37-25(32)10-9-23(26(29)33)31-16-21-3-2-4-24(22(21)17-31)38-27(34)20-7-5-18(6-8-20)15-19-11-13-30(14-12-19)28(35)36/h2-8,19,23H,9-17H2,1H3,(H2,29,33)(H,35,36). The van der Waals surface area contributed by atoms with E-state index in [1.807, 2.05) is 23.1 Å². The van der Waals surface area contributed by atoms with Gasteiger partial charge in [-0.15, -0.1) is 0 Å². The number of esters is 2. The van der Waals surface area contributed by atoms with Crippen molar-refractivity contribution >= 4 is 23.9 Å². The second-order valence-corrected chi connectivity index (χ2v) is 9.84. The first-order valence-corrected chi connectivity index (χ1v) is 12.7. The Hall–Kier alpha value is -3.92. The molecule has 10 nitrogen and oxygen atoms in total. The lowest BCUT2D eigenvalue weighted by Crippen LogP contribution is -2.42. The van der Waals surface area contributed by atoms with Crippen molar-refractivity contribution in [1.82, 2.24) is 9.80 Å². The Balaban J connectivity index is 1.36. The number of hydrogen-bond donors (Lipinski definition) is 2. The smallest absolute Gasteiger partial charge is 0.407 e. The van der Waals surface area contributed by atoms with Crippen molar-refractivity contribution in [1.29, 1.82) is 0 Å². The summed E-state index contributed by atoms with van der Waals surface area (Å²) in [6.07, 6.45) is 1.94. The van der Waals surface area contributed by atoms with Crippen LogP contribution in [0.1, 0.15) is 52.7 Å². The lowest BCUT2D eigenvalue weighted by Gasteiger charge is -2.30. The van der Waals surface area contributed by atoms with Gasteiger partial charge in [0.1, 0.15) is 5.75 Å². The van der Waals surface area contributed by atoms with E-state index in [0.717, 1.165) is 36.0 Å². The number of amides is 2. The lowest BCUT2D eigenvalue weighted by molar-refractivity contribution is -0.141. The molecular weight excluding hydrogens is 490 g/mol. The zero-order valence-corrected chi connectivity index (χ0v) is 21.4. The fourth-order valence-corrected chi connectivity index (χ4v) is 5.19. The number of carbonyl (C=O) groups excluding carboxylic acids is 3. The van der Waals surface area contributed by atoms with Crippen LogP contribution in [0.25, 0.3) is 0 Å². The minimum absolute atomic E-state index is 0.0797. The molecule has 1 unspecified atom stereocenters. The molecule has 1 fully saturated rings. The number of ether oxygens (including phenoxy) is 2. The Kier molecular flexibility index (Phi) is 8.62. The topological polar surface area (TPSA) is 139 Å². The molecular formula is C28H33N3O7. The molecule has 4 rings (SSSR count). The van der Waals surface area contributed by atoms with E-state index >= 15 is 0 Å². The zero-order chi connectivity index (χ0) is 27.2. The van der Waals surface area contributed by atoms with Crippen LogP contribution in [-0.2, 0) is 33.8 Å². The van der Waals surface area contributed by atoms with E-state index in [0.29, 0.717) is 43.4 Å². The summed E-state index contributed by atoms with van der Waals surface area (Å²) in [5.41, 5.74) is 8.89. The van der Waals surface area contributed by atoms with Gasteiger partial charge in [0.05, 0.1) is 18.7 Å². The van der Waals surface area contributed by atoms with Crippen molar-refractivity contribution in [2.24, 2.45) is 11.7 Å². The van der Waals surface area contributed by atoms with Gasteiger partial charge in [-0.05, 0) is 60.9 Å². The van der Waals surface area contributed by atoms with Crippen molar-refractivity contribution in [3.8, 4) is 5.75 Å². The number of nitrogens with zero attached hydrogens (tertiary/aromatic N) is 2. The number of nitrogens with two attached hydrogens (primary N) is 1. The third kappa shape index (κ3) is 6.49. The number of fused-ring (bicyclic) bond motifs is 1. The summed E-state index contributed by atoms with van der Waals surface area (Å²) >= 11 is 0. The van der Waals surface area contributed by atoms with Gasteiger partial charge in [0, 0.05) is 38.2 Å². The Labute approximate surface area is 221 Å². The van der Waals surface area contributed by atoms with Gasteiger partial charge in [0.15, 0.2) is 0 Å². The van der Waals surface area contributed by atoms with Crippen molar-refractivity contribution in [2.75, 3.05) is 20.2 Å². The highest BCUT2D eigenvalue weighted by molar-refractivity contribution is 5.91. The van der Waals surface area contributed by atoms with Crippen LogP contribution in [0.2, 0.25) is 0 Å². The number of carbonyl (C=O) groups is 4. The Morgan fingerprint density at radius 1 is 1.05 bits per heavy atom. The minimum Gasteiger partial charge on any atom is -0.469 e. The van der Waals surface area contributed by atoms with Crippen LogP contribution in [0.4, 0.5) is 4.79 Å². The van der Waals surface area contributed by atoms with Gasteiger partial charge in [-0.25, -0.2) is 9.59 Å². The summed E-state index contributed by atoms with van der Waals surface area (Å²) in [4.78, 5) is 51.0. The quantitative estimate of drug-likeness (QED) is 0.378. The highest BCUT2D eigenvalue weighted by atomic mass is 16.5. The molecule has 0 bridgehead atoms. The molecule has 10 heteroatoms. The maximum absolute atomic E-state index is 12.9. The fourth-order valence-electron chi connectivity index (χ4n) is 5.19. The molecule has 2 aromatic rings. The van der Waals surface area contributed by atoms with Gasteiger partial charge in [0.2, 0.25) is 5.91 Å². The molecule has 0 spiro atoms. The van der Waals surface area contributed by atoms with Gasteiger partial charge in [-0.1, -0.05) is 24.3 Å². The molecule has 38 heavy (non-hydrogen) atoms. The summed E-state index contributed by atoms with van der Waals surface area (Å²) in [6.45, 7) is 1.92. The van der Waals surface area contributed by atoms with Crippen molar-refractivity contribution in [2.45, 2.75) is 51.2 Å². The van der Waals surface area contributed by atoms with Gasteiger partial charge in [-0.3, -0.25) is 14.5 Å². The first-order chi connectivity index (χ1) is 18.2. The Morgan fingerprint density at radius 2 is 1.76 bits per heavy atom. The molecule has 0 saturated carbocycles. The van der Waals surface area contributed by atoms with Crippen molar-refractivity contribution in [3.63, 3.8) is 0 Å². The van der Waals surface area contributed by atoms with E-state index in [1.54, 1.807) is 24.3 Å². The van der Waals surface area contributed by atoms with E-state index < -0.39 is 30.0 Å². The third-order valence-electron chi connectivity index (χ3n) is 7.39. The molecule has 2 aromatic carbocycles. The third-order valence-corrected chi connectivity index (χ3v) is 7.39. The summed E-state index contributed by atoms with van der Waals surface area (Å²) in [5.74, 6) is -0.559. The summed E-state index contributed by atoms with van der Waals surface area (Å²) in [6, 6.07) is 12.1. The summed E-state index contributed by atoms with van der Waals surface area (Å²) in [7, 11) is 1.30. The molecule has 2 heterocycles. The number of carboxylic acid groups (broad SMARTS) is 1. The lowest BCUT2D eigenvalue weighted by atomic mass is 9.90. The molecule has 0 aromatic heterocycles. The zero-order valence-electron chi connectivity index (χ0n) is 21.4. The van der Waals surface area contributed by atoms with Crippen LogP contribution < -0.4 is 10.5 Å². The van der Waals surface area contributed by atoms with Gasteiger partial charge < -0.3 is 25.2 Å². The SMILES string of the molecule is COC(=O)CCC(C(N)=O)N1Cc2cccc(OC(=O)c3ccc(CC4CCN(C(=O)O)CC4)cc3)c2C1. The molecule has 2 amide bonds. The average molecular weight is 524 g/mol. The first-order valence-electron chi connectivity index (χ1n) is 12.7. The van der Waals surface area contributed by atoms with Crippen LogP contribution in [0, 0.1) is 5.92 Å². The number of methoxy groups -OCH3 is 1. The average Bonchev–Trinajstić information content (AvgIpc) is 3.34. The number of rotatable bonds is 9. The van der Waals surface area contributed by atoms with E-state index in [9.17, 15) is 19.2 Å². The predicted molar refractivity (Wildman–Crippen MR) is 137 cm³/mol. The van der Waals surface area contributed by atoms with Crippen molar-refractivity contribution in [3.05, 3.63) is 64.7 Å². The molecule has 0 radical (unpaired) electrons. The van der Waals surface area contributed by atoms with Gasteiger partial charge in [-0.2, -0.15) is 0 Å². The van der Waals surface area contributed by atoms with Crippen LogP contribution in [0.3, 0.4) is 0 Å². The largest absolute Gasteiger partial charge is 0.469 e. The molecule has 202 valence electrons. The Morgan fingerprint density at radius 3 is 2.39 bits per heavy atom. The number of benzene rings is 2. The number of primary amides is 1. The van der Waals surface area contributed by atoms with Crippen LogP contribution in [0.5, 0.6) is 5.75 Å². The van der Waals surface area contributed by atoms with Crippen molar-refractivity contribution < 1.29 is 33.8 Å². The van der Waals surface area contributed by atoms with Crippen LogP contribution in [0.15, 0.2) is 42.5 Å². The van der Waals surface area contributed by atoms with E-state index in [1.165, 1.54) is 12.0 Å². The van der Waals surface area contributed by atoms with Gasteiger partial charge in [0.25, 0.3) is 0 Å². The van der Waals surface area contributed by atoms with E-state index in [2.05, 4.69) is 4.74 Å². The number of likely N-dealkylation sites (tertiary alicyclic amines) is 1. The van der Waals surface area contributed by atoms with Crippen LogP contribution >= 0.6 is 0 Å². The molecule has 2 aliphatic heterocycles. The number of piperidine rings is 1. The molecule has 3 N–H and O–H groups in total. The highest BCUT2D eigenvalue weighted by Gasteiger charge is 2.32. The predicted octanol–water partition coefficient (Wildman–Crippen LogP) is 2.96. The molecule has 2 aliphatic rings. The second kappa shape index (κ2) is 12.1. The molecule has 1 saturated heterocycles. The van der Waals surface area contributed by atoms with Crippen LogP contribution in [-0.4, -0.2) is 65.1 Å². The highest BCUT2D eigenvalue weighted by Crippen LogP contribution is 2.33. The molecule has 0 aliphatic carbocycles. The molecule has 1 atom stereocenters.